The average Bonchev–Trinajstić information content (AvgIpc) is 2.80. The highest BCUT2D eigenvalue weighted by molar-refractivity contribution is 5.95. The number of carbonyl (C=O) groups is 1. The van der Waals surface area contributed by atoms with E-state index in [0.717, 1.165) is 11.3 Å². The van der Waals surface area contributed by atoms with Gasteiger partial charge in [0.1, 0.15) is 0 Å². The molecule has 2 N–H and O–H groups in total. The number of ether oxygens (including phenoxy) is 1. The lowest BCUT2D eigenvalue weighted by Crippen LogP contribution is -2.33. The summed E-state index contributed by atoms with van der Waals surface area (Å²) in [4.78, 5) is 16.8. The van der Waals surface area contributed by atoms with Crippen molar-refractivity contribution in [1.82, 2.24) is 5.32 Å². The maximum atomic E-state index is 11.9. The predicted octanol–water partition coefficient (Wildman–Crippen LogP) is 5.74. The van der Waals surface area contributed by atoms with Gasteiger partial charge < -0.3 is 15.4 Å². The van der Waals surface area contributed by atoms with E-state index in [1.54, 1.807) is 19.1 Å². The highest BCUT2D eigenvalue weighted by atomic mass is 16.5. The second-order valence-corrected chi connectivity index (χ2v) is 7.26. The fourth-order valence-electron chi connectivity index (χ4n) is 3.18. The molecule has 0 aliphatic heterocycles. The third-order valence-corrected chi connectivity index (χ3v) is 4.92. The van der Waals surface area contributed by atoms with E-state index in [9.17, 15) is 4.79 Å². The van der Waals surface area contributed by atoms with Crippen molar-refractivity contribution in [2.75, 3.05) is 11.9 Å². The molecule has 2 unspecified atom stereocenters. The number of nitrogens with zero attached hydrogens (tertiary/aromatic N) is 1. The Morgan fingerprint density at radius 2 is 1.45 bits per heavy atom. The Morgan fingerprint density at radius 1 is 0.871 bits per heavy atom. The van der Waals surface area contributed by atoms with E-state index in [4.69, 9.17) is 9.73 Å². The van der Waals surface area contributed by atoms with Gasteiger partial charge in [-0.15, -0.1) is 0 Å². The van der Waals surface area contributed by atoms with Crippen LogP contribution in [0.3, 0.4) is 0 Å². The van der Waals surface area contributed by atoms with Crippen molar-refractivity contribution in [1.29, 1.82) is 0 Å². The van der Waals surface area contributed by atoms with E-state index >= 15 is 0 Å². The van der Waals surface area contributed by atoms with Crippen LogP contribution in [-0.4, -0.2) is 18.5 Å². The average molecular weight is 416 g/mol. The van der Waals surface area contributed by atoms with Crippen molar-refractivity contribution in [3.63, 3.8) is 0 Å². The summed E-state index contributed by atoms with van der Waals surface area (Å²) in [5, 5.41) is 6.85. The van der Waals surface area contributed by atoms with Crippen molar-refractivity contribution < 1.29 is 9.53 Å². The van der Waals surface area contributed by atoms with Crippen LogP contribution in [0, 0.1) is 0 Å². The van der Waals surface area contributed by atoms with Gasteiger partial charge in [0.2, 0.25) is 0 Å². The minimum absolute atomic E-state index is 0.0296. The van der Waals surface area contributed by atoms with Crippen molar-refractivity contribution in [3.8, 4) is 0 Å². The van der Waals surface area contributed by atoms with Crippen LogP contribution < -0.4 is 10.6 Å². The van der Waals surface area contributed by atoms with Crippen molar-refractivity contribution in [3.05, 3.63) is 102 Å². The third kappa shape index (κ3) is 6.44. The summed E-state index contributed by atoms with van der Waals surface area (Å²) in [7, 11) is 0. The topological polar surface area (TPSA) is 62.7 Å². The number of carbonyl (C=O) groups excluding carboxylic acids is 1. The summed E-state index contributed by atoms with van der Waals surface area (Å²) in [6.07, 6.45) is 0. The number of benzene rings is 3. The molecule has 2 atom stereocenters. The zero-order valence-corrected chi connectivity index (χ0v) is 18.2. The van der Waals surface area contributed by atoms with Gasteiger partial charge >= 0.3 is 5.97 Å². The van der Waals surface area contributed by atoms with Crippen molar-refractivity contribution in [2.24, 2.45) is 4.99 Å². The summed E-state index contributed by atoms with van der Waals surface area (Å²) < 4.78 is 5.06. The fraction of sp³-hybridized carbons (Fsp3) is 0.231. The Balaban J connectivity index is 1.81. The van der Waals surface area contributed by atoms with Gasteiger partial charge in [0.05, 0.1) is 24.3 Å². The predicted molar refractivity (Wildman–Crippen MR) is 126 cm³/mol. The van der Waals surface area contributed by atoms with Gasteiger partial charge in [0.25, 0.3) is 0 Å². The number of guanidine groups is 1. The lowest BCUT2D eigenvalue weighted by molar-refractivity contribution is 0.0526. The number of hydrogen-bond acceptors (Lipinski definition) is 3. The van der Waals surface area contributed by atoms with Crippen LogP contribution in [0.15, 0.2) is 89.9 Å². The molecule has 0 saturated heterocycles. The number of hydrogen-bond donors (Lipinski definition) is 2. The summed E-state index contributed by atoms with van der Waals surface area (Å²) in [6, 6.07) is 27.6. The second kappa shape index (κ2) is 11.0. The molecule has 3 aromatic rings. The number of esters is 1. The molecule has 0 amide bonds. The van der Waals surface area contributed by atoms with Gasteiger partial charge in [-0.1, -0.05) is 60.7 Å². The molecule has 0 radical (unpaired) electrons. The fourth-order valence-corrected chi connectivity index (χ4v) is 3.18. The summed E-state index contributed by atoms with van der Waals surface area (Å²) in [5.41, 5.74) is 3.66. The van der Waals surface area contributed by atoms with Crippen molar-refractivity contribution >= 4 is 17.6 Å². The largest absolute Gasteiger partial charge is 0.462 e. The minimum atomic E-state index is -0.323. The Bertz CT molecular complexity index is 986. The minimum Gasteiger partial charge on any atom is -0.462 e. The number of rotatable bonds is 7. The highest BCUT2D eigenvalue weighted by Gasteiger charge is 2.12. The molecule has 0 spiro atoms. The van der Waals surface area contributed by atoms with Crippen LogP contribution in [0.25, 0.3) is 0 Å². The van der Waals surface area contributed by atoms with Gasteiger partial charge in [0, 0.05) is 5.69 Å². The Morgan fingerprint density at radius 3 is 2.03 bits per heavy atom. The number of nitrogens with one attached hydrogen (secondary N) is 2. The van der Waals surface area contributed by atoms with E-state index in [0.29, 0.717) is 18.1 Å². The van der Waals surface area contributed by atoms with Gasteiger partial charge in [-0.2, -0.15) is 0 Å². The van der Waals surface area contributed by atoms with E-state index in [1.807, 2.05) is 48.5 Å². The summed E-state index contributed by atoms with van der Waals surface area (Å²) >= 11 is 0. The first-order valence-electron chi connectivity index (χ1n) is 10.5. The number of anilines is 1. The van der Waals surface area contributed by atoms with Gasteiger partial charge in [0.15, 0.2) is 5.96 Å². The van der Waals surface area contributed by atoms with E-state index in [2.05, 4.69) is 48.7 Å². The molecule has 31 heavy (non-hydrogen) atoms. The molecule has 0 saturated carbocycles. The van der Waals surface area contributed by atoms with Gasteiger partial charge in [-0.25, -0.2) is 9.79 Å². The normalized spacial score (nSPS) is 13.2. The maximum absolute atomic E-state index is 11.9. The molecule has 0 aliphatic carbocycles. The lowest BCUT2D eigenvalue weighted by atomic mass is 10.1. The molecule has 3 aromatic carbocycles. The zero-order chi connectivity index (χ0) is 22.1. The lowest BCUT2D eigenvalue weighted by Gasteiger charge is -2.20. The van der Waals surface area contributed by atoms with Crippen LogP contribution in [0.5, 0.6) is 0 Å². The number of aliphatic imine (C=N–C) groups is 1. The summed E-state index contributed by atoms with van der Waals surface area (Å²) in [5.74, 6) is 0.341. The molecule has 3 rings (SSSR count). The smallest absolute Gasteiger partial charge is 0.338 e. The molecule has 0 fully saturated rings. The molecule has 0 aliphatic rings. The standard InChI is InChI=1S/C26H29N3O2/c1-4-31-25(30)23-15-17-24(18-16-23)29-26(27-19(2)21-11-7-5-8-12-21)28-20(3)22-13-9-6-10-14-22/h5-20H,4H2,1-3H3,(H2,27,28,29). The quantitative estimate of drug-likeness (QED) is 0.293. The molecule has 0 aromatic heterocycles. The molecular weight excluding hydrogens is 386 g/mol. The molecule has 5 nitrogen and oxygen atoms in total. The molecule has 0 bridgehead atoms. The maximum Gasteiger partial charge on any atom is 0.338 e. The van der Waals surface area contributed by atoms with E-state index in [-0.39, 0.29) is 18.1 Å². The first kappa shape index (κ1) is 22.1. The Labute approximate surface area is 184 Å². The van der Waals surface area contributed by atoms with E-state index in [1.165, 1.54) is 5.56 Å². The highest BCUT2D eigenvalue weighted by Crippen LogP contribution is 2.18. The van der Waals surface area contributed by atoms with Crippen LogP contribution >= 0.6 is 0 Å². The van der Waals surface area contributed by atoms with Gasteiger partial charge in [-0.3, -0.25) is 0 Å². The van der Waals surface area contributed by atoms with Crippen LogP contribution in [-0.2, 0) is 4.74 Å². The second-order valence-electron chi connectivity index (χ2n) is 7.26. The molecule has 0 heterocycles. The van der Waals surface area contributed by atoms with Crippen molar-refractivity contribution in [2.45, 2.75) is 32.9 Å². The third-order valence-electron chi connectivity index (χ3n) is 4.92. The van der Waals surface area contributed by atoms with Crippen LogP contribution in [0.1, 0.15) is 54.3 Å². The van der Waals surface area contributed by atoms with Gasteiger partial charge in [-0.05, 0) is 56.2 Å². The first-order chi connectivity index (χ1) is 15.1. The zero-order valence-electron chi connectivity index (χ0n) is 18.2. The molecule has 5 heteroatoms. The molecular formula is C26H29N3O2. The van der Waals surface area contributed by atoms with E-state index < -0.39 is 0 Å². The SMILES string of the molecule is CCOC(=O)c1ccc(NC(=NC(C)c2ccccc2)NC(C)c2ccccc2)cc1. The summed E-state index contributed by atoms with van der Waals surface area (Å²) in [6.45, 7) is 6.32. The Hall–Kier alpha value is -3.60. The Kier molecular flexibility index (Phi) is 7.82. The monoisotopic (exact) mass is 415 g/mol. The molecule has 160 valence electrons. The first-order valence-corrected chi connectivity index (χ1v) is 10.5. The van der Waals surface area contributed by atoms with Crippen LogP contribution in [0.4, 0.5) is 5.69 Å². The van der Waals surface area contributed by atoms with Crippen LogP contribution in [0.2, 0.25) is 0 Å².